The first-order chi connectivity index (χ1) is 6.74. The standard InChI is InChI=1S/C10H5N2O2/c11-12-8-5-9(13)6-3-1-2-4-7(6)10(8)14/h1-5H/q+1. The maximum absolute atomic E-state index is 11.5. The van der Waals surface area contributed by atoms with E-state index in [9.17, 15) is 9.59 Å². The van der Waals surface area contributed by atoms with Gasteiger partial charge >= 0.3 is 5.70 Å². The molecule has 4 nitrogen and oxygen atoms in total. The minimum atomic E-state index is -0.428. The number of nitrogens with zero attached hydrogens (tertiary/aromatic N) is 2. The summed E-state index contributed by atoms with van der Waals surface area (Å²) in [5, 5.41) is 8.49. The van der Waals surface area contributed by atoms with Crippen LogP contribution in [0.2, 0.25) is 0 Å². The number of ketones is 2. The van der Waals surface area contributed by atoms with Gasteiger partial charge in [0.05, 0.1) is 6.08 Å². The van der Waals surface area contributed by atoms with Gasteiger partial charge in [-0.1, -0.05) is 18.2 Å². The van der Waals surface area contributed by atoms with Gasteiger partial charge in [-0.05, 0) is 6.07 Å². The first-order valence-electron chi connectivity index (χ1n) is 3.99. The van der Waals surface area contributed by atoms with E-state index in [1.807, 2.05) is 0 Å². The highest BCUT2D eigenvalue weighted by atomic mass is 16.1. The normalized spacial score (nSPS) is 14.4. The Balaban J connectivity index is 2.68. The summed E-state index contributed by atoms with van der Waals surface area (Å²) < 4.78 is 0. The summed E-state index contributed by atoms with van der Waals surface area (Å²) in [6, 6.07) is 6.44. The van der Waals surface area contributed by atoms with Crippen molar-refractivity contribution in [1.82, 2.24) is 0 Å². The highest BCUT2D eigenvalue weighted by Crippen LogP contribution is 2.21. The van der Waals surface area contributed by atoms with Gasteiger partial charge in [-0.25, -0.2) is 0 Å². The van der Waals surface area contributed by atoms with Gasteiger partial charge in [0, 0.05) is 11.1 Å². The van der Waals surface area contributed by atoms with E-state index in [0.29, 0.717) is 5.56 Å². The molecule has 0 saturated heterocycles. The average Bonchev–Trinajstić information content (AvgIpc) is 2.23. The van der Waals surface area contributed by atoms with Crippen molar-refractivity contribution in [3.63, 3.8) is 0 Å². The minimum absolute atomic E-state index is 0.214. The Morgan fingerprint density at radius 2 is 1.71 bits per heavy atom. The quantitative estimate of drug-likeness (QED) is 0.579. The van der Waals surface area contributed by atoms with E-state index in [4.69, 9.17) is 5.39 Å². The summed E-state index contributed by atoms with van der Waals surface area (Å²) in [4.78, 5) is 25.7. The second-order valence-electron chi connectivity index (χ2n) is 2.87. The van der Waals surface area contributed by atoms with E-state index in [2.05, 4.69) is 4.98 Å². The molecule has 0 unspecified atom stereocenters. The molecule has 0 radical (unpaired) electrons. The van der Waals surface area contributed by atoms with Gasteiger partial charge in [-0.3, -0.25) is 9.59 Å². The molecular formula is C10H5N2O2+. The molecule has 0 heterocycles. The molecule has 0 atom stereocenters. The summed E-state index contributed by atoms with van der Waals surface area (Å²) in [6.45, 7) is 0. The topological polar surface area (TPSA) is 62.3 Å². The lowest BCUT2D eigenvalue weighted by atomic mass is 9.93. The number of fused-ring (bicyclic) bond motifs is 1. The Kier molecular flexibility index (Phi) is 1.72. The molecule has 2 rings (SSSR count). The lowest BCUT2D eigenvalue weighted by molar-refractivity contribution is 0.0987. The highest BCUT2D eigenvalue weighted by Gasteiger charge is 2.33. The fourth-order valence-electron chi connectivity index (χ4n) is 1.38. The Hall–Kier alpha value is -2.28. The van der Waals surface area contributed by atoms with Crippen molar-refractivity contribution in [2.45, 2.75) is 0 Å². The second-order valence-corrected chi connectivity index (χ2v) is 2.87. The molecule has 0 aliphatic heterocycles. The third-order valence-electron chi connectivity index (χ3n) is 2.05. The van der Waals surface area contributed by atoms with Crippen molar-refractivity contribution < 1.29 is 9.59 Å². The lowest BCUT2D eigenvalue weighted by Gasteiger charge is -2.04. The molecule has 4 heteroatoms. The van der Waals surface area contributed by atoms with Crippen LogP contribution in [0.25, 0.3) is 4.98 Å². The molecule has 1 aliphatic rings. The third kappa shape index (κ3) is 1.04. The minimum Gasteiger partial charge on any atom is -0.289 e. The first kappa shape index (κ1) is 8.32. The van der Waals surface area contributed by atoms with Crippen LogP contribution in [-0.4, -0.2) is 11.6 Å². The smallest absolute Gasteiger partial charge is 0.289 e. The zero-order valence-electron chi connectivity index (χ0n) is 7.10. The molecule has 0 bridgehead atoms. The van der Waals surface area contributed by atoms with Crippen molar-refractivity contribution in [2.24, 2.45) is 0 Å². The molecule has 0 amide bonds. The Morgan fingerprint density at radius 3 is 2.36 bits per heavy atom. The van der Waals surface area contributed by atoms with E-state index < -0.39 is 5.78 Å². The van der Waals surface area contributed by atoms with Crippen molar-refractivity contribution in [2.75, 3.05) is 0 Å². The monoisotopic (exact) mass is 185 g/mol. The molecule has 1 aliphatic carbocycles. The van der Waals surface area contributed by atoms with Crippen LogP contribution in [0.1, 0.15) is 20.7 Å². The number of Topliss-reactive ketones (excluding diaryl/α,β-unsaturated/α-hetero) is 1. The fraction of sp³-hybridized carbons (Fsp3) is 0. The number of carbonyl (C=O) groups excluding carboxylic acids is 2. The van der Waals surface area contributed by atoms with Gasteiger partial charge in [-0.2, -0.15) is 0 Å². The molecule has 1 aromatic carbocycles. The van der Waals surface area contributed by atoms with Gasteiger partial charge in [0.15, 0.2) is 10.8 Å². The molecule has 14 heavy (non-hydrogen) atoms. The third-order valence-corrected chi connectivity index (χ3v) is 2.05. The van der Waals surface area contributed by atoms with Gasteiger partial charge < -0.3 is 0 Å². The summed E-state index contributed by atoms with van der Waals surface area (Å²) in [6.07, 6.45) is 1.03. The van der Waals surface area contributed by atoms with Crippen LogP contribution >= 0.6 is 0 Å². The van der Waals surface area contributed by atoms with Gasteiger partial charge in [0.2, 0.25) is 5.39 Å². The SMILES string of the molecule is N#[N+]C1=CC(=O)c2ccccc2C1=O. The Labute approximate surface area is 79.5 Å². The Bertz CT molecular complexity index is 509. The maximum Gasteiger partial charge on any atom is 0.436 e. The van der Waals surface area contributed by atoms with Crippen molar-refractivity contribution in [3.8, 4) is 0 Å². The zero-order valence-corrected chi connectivity index (χ0v) is 7.10. The molecule has 0 N–H and O–H groups in total. The number of carbonyl (C=O) groups is 2. The summed E-state index contributed by atoms with van der Waals surface area (Å²) >= 11 is 0. The number of benzene rings is 1. The van der Waals surface area contributed by atoms with Crippen molar-refractivity contribution in [1.29, 1.82) is 5.39 Å². The molecule has 0 aromatic heterocycles. The molecule has 66 valence electrons. The average molecular weight is 185 g/mol. The summed E-state index contributed by atoms with van der Waals surface area (Å²) in [5.74, 6) is -0.740. The van der Waals surface area contributed by atoms with Gasteiger partial charge in [0.25, 0.3) is 5.78 Å². The lowest BCUT2D eigenvalue weighted by Crippen LogP contribution is -2.14. The molecule has 1 aromatic rings. The number of rotatable bonds is 0. The number of hydrogen-bond donors (Lipinski definition) is 0. The van der Waals surface area contributed by atoms with Gasteiger partial charge in [0.1, 0.15) is 0 Å². The predicted molar refractivity (Wildman–Crippen MR) is 48.3 cm³/mol. The van der Waals surface area contributed by atoms with Gasteiger partial charge in [-0.15, -0.1) is 0 Å². The first-order valence-corrected chi connectivity index (χ1v) is 3.99. The molecule has 0 saturated carbocycles. The van der Waals surface area contributed by atoms with Crippen LogP contribution in [0.4, 0.5) is 0 Å². The summed E-state index contributed by atoms with van der Waals surface area (Å²) in [5.41, 5.74) is 0.423. The van der Waals surface area contributed by atoms with Crippen LogP contribution in [0.3, 0.4) is 0 Å². The molecule has 0 fully saturated rings. The predicted octanol–water partition coefficient (Wildman–Crippen LogP) is 1.80. The number of hydrogen-bond acceptors (Lipinski definition) is 3. The zero-order chi connectivity index (χ0) is 10.1. The number of allylic oxidation sites excluding steroid dienone is 2. The van der Waals surface area contributed by atoms with Crippen LogP contribution in [0, 0.1) is 5.39 Å². The largest absolute Gasteiger partial charge is 0.436 e. The number of diazo groups is 1. The maximum atomic E-state index is 11.5. The van der Waals surface area contributed by atoms with Crippen LogP contribution in [0.15, 0.2) is 36.0 Å². The van der Waals surface area contributed by atoms with Crippen LogP contribution in [0.5, 0.6) is 0 Å². The van der Waals surface area contributed by atoms with E-state index in [-0.39, 0.29) is 17.0 Å². The Morgan fingerprint density at radius 1 is 1.07 bits per heavy atom. The van der Waals surface area contributed by atoms with Crippen LogP contribution in [-0.2, 0) is 0 Å². The van der Waals surface area contributed by atoms with Crippen molar-refractivity contribution >= 4 is 11.6 Å². The van der Waals surface area contributed by atoms with E-state index in [1.54, 1.807) is 18.2 Å². The second kappa shape index (κ2) is 2.89. The highest BCUT2D eigenvalue weighted by molar-refractivity contribution is 6.25. The van der Waals surface area contributed by atoms with E-state index in [1.165, 1.54) is 6.07 Å². The molecule has 0 spiro atoms. The van der Waals surface area contributed by atoms with Crippen molar-refractivity contribution in [3.05, 3.63) is 52.1 Å². The van der Waals surface area contributed by atoms with E-state index in [0.717, 1.165) is 6.08 Å². The summed E-state index contributed by atoms with van der Waals surface area (Å²) in [7, 11) is 0. The fourth-order valence-corrected chi connectivity index (χ4v) is 1.38. The van der Waals surface area contributed by atoms with Crippen LogP contribution < -0.4 is 0 Å². The van der Waals surface area contributed by atoms with E-state index >= 15 is 0 Å². The molecular weight excluding hydrogens is 180 g/mol.